The molecule has 0 atom stereocenters. The fourth-order valence-electron chi connectivity index (χ4n) is 3.41. The van der Waals surface area contributed by atoms with Crippen molar-refractivity contribution < 1.29 is 27.8 Å². The third-order valence-corrected chi connectivity index (χ3v) is 4.66. The van der Waals surface area contributed by atoms with Crippen LogP contribution in [0.2, 0.25) is 0 Å². The molecule has 0 radical (unpaired) electrons. The third kappa shape index (κ3) is 3.98. The molecule has 0 aliphatic rings. The standard InChI is InChI=1S/C20H19F3N2O4/c1-3-13-11(2)15-14(18(26)25(13)9-12-7-5-4-6-8-12)17(16(24-15)19(27)28)29-10-20(21,22)23/h4-8,24H,3,9-10H2,1-2H3,(H,27,28). The molecule has 29 heavy (non-hydrogen) atoms. The van der Waals surface area contributed by atoms with Crippen LogP contribution in [0.1, 0.15) is 34.2 Å². The van der Waals surface area contributed by atoms with Crippen LogP contribution in [0.15, 0.2) is 35.1 Å². The van der Waals surface area contributed by atoms with Gasteiger partial charge in [0.1, 0.15) is 5.39 Å². The monoisotopic (exact) mass is 408 g/mol. The number of hydrogen-bond acceptors (Lipinski definition) is 3. The van der Waals surface area contributed by atoms with Gasteiger partial charge in [0.25, 0.3) is 5.56 Å². The first-order chi connectivity index (χ1) is 13.6. The Labute approximate surface area is 163 Å². The van der Waals surface area contributed by atoms with E-state index in [-0.39, 0.29) is 17.4 Å². The zero-order valence-corrected chi connectivity index (χ0v) is 15.8. The number of aromatic carboxylic acids is 1. The van der Waals surface area contributed by atoms with Gasteiger partial charge < -0.3 is 19.4 Å². The molecular formula is C20H19F3N2O4. The van der Waals surface area contributed by atoms with Crippen molar-refractivity contribution in [3.8, 4) is 5.75 Å². The van der Waals surface area contributed by atoms with Crippen LogP contribution in [-0.4, -0.2) is 33.4 Å². The van der Waals surface area contributed by atoms with Crippen LogP contribution in [0.5, 0.6) is 5.75 Å². The normalized spacial score (nSPS) is 11.8. The maximum absolute atomic E-state index is 13.2. The lowest BCUT2D eigenvalue weighted by molar-refractivity contribution is -0.153. The van der Waals surface area contributed by atoms with E-state index in [2.05, 4.69) is 4.98 Å². The summed E-state index contributed by atoms with van der Waals surface area (Å²) < 4.78 is 44.3. The van der Waals surface area contributed by atoms with E-state index in [0.29, 0.717) is 17.7 Å². The summed E-state index contributed by atoms with van der Waals surface area (Å²) in [6, 6.07) is 9.11. The number of carbonyl (C=O) groups is 1. The molecule has 3 aromatic rings. The van der Waals surface area contributed by atoms with E-state index in [0.717, 1.165) is 5.56 Å². The van der Waals surface area contributed by atoms with Gasteiger partial charge in [-0.05, 0) is 24.5 Å². The van der Waals surface area contributed by atoms with E-state index in [9.17, 15) is 27.9 Å². The van der Waals surface area contributed by atoms with Crippen molar-refractivity contribution in [2.24, 2.45) is 0 Å². The van der Waals surface area contributed by atoms with Crippen LogP contribution in [0, 0.1) is 6.92 Å². The highest BCUT2D eigenvalue weighted by molar-refractivity contribution is 6.01. The smallest absolute Gasteiger partial charge is 0.422 e. The molecule has 0 unspecified atom stereocenters. The molecular weight excluding hydrogens is 389 g/mol. The topological polar surface area (TPSA) is 84.3 Å². The van der Waals surface area contributed by atoms with Gasteiger partial charge in [0.15, 0.2) is 18.1 Å². The lowest BCUT2D eigenvalue weighted by Gasteiger charge is -2.16. The van der Waals surface area contributed by atoms with Gasteiger partial charge >= 0.3 is 12.1 Å². The summed E-state index contributed by atoms with van der Waals surface area (Å²) >= 11 is 0. The molecule has 2 heterocycles. The van der Waals surface area contributed by atoms with Crippen LogP contribution >= 0.6 is 0 Å². The second kappa shape index (κ2) is 7.65. The van der Waals surface area contributed by atoms with E-state index in [1.807, 2.05) is 37.3 Å². The summed E-state index contributed by atoms with van der Waals surface area (Å²) in [5.41, 5.74) is 1.06. The molecule has 1 aromatic carbocycles. The number of hydrogen-bond donors (Lipinski definition) is 2. The van der Waals surface area contributed by atoms with Gasteiger partial charge in [-0.15, -0.1) is 0 Å². The number of ether oxygens (including phenoxy) is 1. The van der Waals surface area contributed by atoms with Crippen LogP contribution in [0.3, 0.4) is 0 Å². The lowest BCUT2D eigenvalue weighted by atomic mass is 10.1. The first-order valence-corrected chi connectivity index (χ1v) is 8.88. The van der Waals surface area contributed by atoms with Gasteiger partial charge in [-0.25, -0.2) is 4.79 Å². The highest BCUT2D eigenvalue weighted by Gasteiger charge is 2.32. The molecule has 2 N–H and O–H groups in total. The largest absolute Gasteiger partial charge is 0.481 e. The van der Waals surface area contributed by atoms with Crippen LogP contribution < -0.4 is 10.3 Å². The fourth-order valence-corrected chi connectivity index (χ4v) is 3.41. The van der Waals surface area contributed by atoms with E-state index < -0.39 is 35.8 Å². The van der Waals surface area contributed by atoms with Crippen molar-refractivity contribution >= 4 is 16.9 Å². The summed E-state index contributed by atoms with van der Waals surface area (Å²) in [4.78, 5) is 27.4. The number of H-pyrrole nitrogens is 1. The van der Waals surface area contributed by atoms with E-state index in [1.165, 1.54) is 4.57 Å². The maximum atomic E-state index is 13.2. The van der Waals surface area contributed by atoms with Crippen LogP contribution in [-0.2, 0) is 13.0 Å². The van der Waals surface area contributed by atoms with Crippen LogP contribution in [0.25, 0.3) is 10.9 Å². The lowest BCUT2D eigenvalue weighted by Crippen LogP contribution is -2.26. The Morgan fingerprint density at radius 2 is 1.90 bits per heavy atom. The van der Waals surface area contributed by atoms with Crippen molar-refractivity contribution in [3.05, 3.63) is 63.2 Å². The number of aromatic nitrogens is 2. The number of aryl methyl sites for hydroxylation is 1. The number of nitrogens with one attached hydrogen (secondary N) is 1. The molecule has 0 saturated heterocycles. The SMILES string of the molecule is CCc1c(C)c2[nH]c(C(=O)O)c(OCC(F)(F)F)c2c(=O)n1Cc1ccccc1. The molecule has 154 valence electrons. The Morgan fingerprint density at radius 3 is 2.45 bits per heavy atom. The van der Waals surface area contributed by atoms with Crippen molar-refractivity contribution in [2.45, 2.75) is 33.0 Å². The molecule has 3 rings (SSSR count). The maximum Gasteiger partial charge on any atom is 0.422 e. The summed E-state index contributed by atoms with van der Waals surface area (Å²) in [6.45, 7) is 2.04. The minimum atomic E-state index is -4.68. The molecule has 0 bridgehead atoms. The highest BCUT2D eigenvalue weighted by Crippen LogP contribution is 2.32. The van der Waals surface area contributed by atoms with Crippen molar-refractivity contribution in [1.82, 2.24) is 9.55 Å². The van der Waals surface area contributed by atoms with Gasteiger partial charge in [0, 0.05) is 5.69 Å². The number of benzene rings is 1. The zero-order chi connectivity index (χ0) is 21.3. The molecule has 0 fully saturated rings. The quantitative estimate of drug-likeness (QED) is 0.648. The van der Waals surface area contributed by atoms with Gasteiger partial charge in [-0.1, -0.05) is 37.3 Å². The van der Waals surface area contributed by atoms with E-state index in [1.54, 1.807) is 6.92 Å². The predicted molar refractivity (Wildman–Crippen MR) is 101 cm³/mol. The minimum Gasteiger partial charge on any atom is -0.481 e. The number of carboxylic acids is 1. The fraction of sp³-hybridized carbons (Fsp3) is 0.300. The second-order valence-electron chi connectivity index (χ2n) is 6.59. The Bertz CT molecular complexity index is 1110. The number of rotatable bonds is 6. The number of halogens is 3. The molecule has 0 aliphatic carbocycles. The Morgan fingerprint density at radius 1 is 1.24 bits per heavy atom. The zero-order valence-electron chi connectivity index (χ0n) is 15.8. The van der Waals surface area contributed by atoms with E-state index in [4.69, 9.17) is 4.74 Å². The number of alkyl halides is 3. The highest BCUT2D eigenvalue weighted by atomic mass is 19.4. The molecule has 0 amide bonds. The third-order valence-electron chi connectivity index (χ3n) is 4.66. The summed E-state index contributed by atoms with van der Waals surface area (Å²) in [6.07, 6.45) is -4.20. The number of pyridine rings is 1. The first-order valence-electron chi connectivity index (χ1n) is 8.88. The number of fused-ring (bicyclic) bond motifs is 1. The first kappa shape index (κ1) is 20.5. The predicted octanol–water partition coefficient (Wildman–Crippen LogP) is 3.89. The summed E-state index contributed by atoms with van der Waals surface area (Å²) in [5, 5.41) is 9.21. The molecule has 0 spiro atoms. The molecule has 0 aliphatic heterocycles. The van der Waals surface area contributed by atoms with Crippen molar-refractivity contribution in [2.75, 3.05) is 6.61 Å². The summed E-state index contributed by atoms with van der Waals surface area (Å²) in [7, 11) is 0. The molecule has 9 heteroatoms. The average molecular weight is 408 g/mol. The molecule has 2 aromatic heterocycles. The Hall–Kier alpha value is -3.23. The van der Waals surface area contributed by atoms with Gasteiger partial charge in [0.2, 0.25) is 0 Å². The summed E-state index contributed by atoms with van der Waals surface area (Å²) in [5.74, 6) is -2.10. The Kier molecular flexibility index (Phi) is 5.41. The second-order valence-corrected chi connectivity index (χ2v) is 6.59. The van der Waals surface area contributed by atoms with Gasteiger partial charge in [-0.3, -0.25) is 4.79 Å². The number of aromatic amines is 1. The van der Waals surface area contributed by atoms with Gasteiger partial charge in [0.05, 0.1) is 12.1 Å². The Balaban J connectivity index is 2.28. The van der Waals surface area contributed by atoms with Crippen molar-refractivity contribution in [1.29, 1.82) is 0 Å². The molecule has 6 nitrogen and oxygen atoms in total. The minimum absolute atomic E-state index is 0.172. The number of nitrogens with zero attached hydrogens (tertiary/aromatic N) is 1. The van der Waals surface area contributed by atoms with Gasteiger partial charge in [-0.2, -0.15) is 13.2 Å². The van der Waals surface area contributed by atoms with Crippen LogP contribution in [0.4, 0.5) is 13.2 Å². The van der Waals surface area contributed by atoms with E-state index >= 15 is 0 Å². The molecule has 0 saturated carbocycles. The average Bonchev–Trinajstić information content (AvgIpc) is 3.05. The number of carboxylic acid groups (broad SMARTS) is 1. The van der Waals surface area contributed by atoms with Crippen molar-refractivity contribution in [3.63, 3.8) is 0 Å².